The summed E-state index contributed by atoms with van der Waals surface area (Å²) in [5.74, 6) is 5.63. The molecule has 1 aliphatic rings. The Hall–Kier alpha value is -3.60. The minimum absolute atomic E-state index is 0.183. The summed E-state index contributed by atoms with van der Waals surface area (Å²) < 4.78 is 0. The van der Waals surface area contributed by atoms with Gasteiger partial charge in [-0.3, -0.25) is 14.8 Å². The van der Waals surface area contributed by atoms with Gasteiger partial charge in [0.05, 0.1) is 0 Å². The summed E-state index contributed by atoms with van der Waals surface area (Å²) in [5.41, 5.74) is 3.46. The second-order valence-electron chi connectivity index (χ2n) is 7.32. The summed E-state index contributed by atoms with van der Waals surface area (Å²) in [6.45, 7) is 1.52. The molecule has 7 heteroatoms. The molecule has 5 N–H and O–H groups in total. The van der Waals surface area contributed by atoms with Crippen LogP contribution in [-0.4, -0.2) is 40.6 Å². The highest BCUT2D eigenvalue weighted by molar-refractivity contribution is 5.98. The lowest BCUT2D eigenvalue weighted by Crippen LogP contribution is -2.53. The molecule has 30 heavy (non-hydrogen) atoms. The van der Waals surface area contributed by atoms with Crippen molar-refractivity contribution in [1.29, 1.82) is 0 Å². The van der Waals surface area contributed by atoms with Crippen molar-refractivity contribution in [2.24, 2.45) is 0 Å². The maximum Gasteiger partial charge on any atom is 0.274 e. The van der Waals surface area contributed by atoms with Gasteiger partial charge in [0, 0.05) is 22.0 Å². The predicted molar refractivity (Wildman–Crippen MR) is 113 cm³/mol. The van der Waals surface area contributed by atoms with Gasteiger partial charge in [0.2, 0.25) is 0 Å². The normalized spacial score (nSPS) is 15.1. The van der Waals surface area contributed by atoms with Crippen LogP contribution in [0.15, 0.2) is 54.6 Å². The summed E-state index contributed by atoms with van der Waals surface area (Å²) in [5, 5.41) is 16.1. The summed E-state index contributed by atoms with van der Waals surface area (Å²) in [4.78, 5) is 27.6. The van der Waals surface area contributed by atoms with Crippen LogP contribution in [0.2, 0.25) is 0 Å². The first-order chi connectivity index (χ1) is 14.6. The van der Waals surface area contributed by atoms with Crippen molar-refractivity contribution in [3.63, 3.8) is 0 Å². The molecule has 0 aliphatic carbocycles. The number of carbonyl (C=O) groups excluding carboxylic acids is 2. The number of carbonyl (C=O) groups is 2. The molecule has 0 saturated carbocycles. The number of hydrogen-bond donors (Lipinski definition) is 5. The van der Waals surface area contributed by atoms with E-state index in [1.807, 2.05) is 30.3 Å². The SMILES string of the molecule is O=C(NO)c1ccc(C#CC2(NC(=O)c3cc4ccccc4[nH]3)CCNCC2)cc1. The van der Waals surface area contributed by atoms with Crippen LogP contribution in [0, 0.1) is 11.8 Å². The summed E-state index contributed by atoms with van der Waals surface area (Å²) >= 11 is 0. The molecule has 152 valence electrons. The van der Waals surface area contributed by atoms with Crippen LogP contribution in [0.5, 0.6) is 0 Å². The van der Waals surface area contributed by atoms with E-state index in [9.17, 15) is 9.59 Å². The Balaban J connectivity index is 1.56. The molecule has 1 aromatic heterocycles. The van der Waals surface area contributed by atoms with Gasteiger partial charge in [-0.25, -0.2) is 5.48 Å². The molecule has 4 rings (SSSR count). The van der Waals surface area contributed by atoms with E-state index in [0.29, 0.717) is 24.1 Å². The number of H-pyrrole nitrogens is 1. The van der Waals surface area contributed by atoms with Crippen LogP contribution < -0.4 is 16.1 Å². The highest BCUT2D eigenvalue weighted by Gasteiger charge is 2.32. The van der Waals surface area contributed by atoms with Crippen molar-refractivity contribution in [2.75, 3.05) is 13.1 Å². The van der Waals surface area contributed by atoms with Crippen molar-refractivity contribution in [3.05, 3.63) is 71.4 Å². The summed E-state index contributed by atoms with van der Waals surface area (Å²) in [6.07, 6.45) is 1.38. The fourth-order valence-electron chi connectivity index (χ4n) is 3.58. The van der Waals surface area contributed by atoms with Gasteiger partial charge in [-0.15, -0.1) is 0 Å². The van der Waals surface area contributed by atoms with Gasteiger partial charge >= 0.3 is 0 Å². The quantitative estimate of drug-likeness (QED) is 0.263. The minimum atomic E-state index is -0.638. The molecule has 2 heterocycles. The number of piperidine rings is 1. The van der Waals surface area contributed by atoms with Crippen molar-refractivity contribution in [1.82, 2.24) is 21.1 Å². The molecule has 1 fully saturated rings. The molecular weight excluding hydrogens is 380 g/mol. The van der Waals surface area contributed by atoms with Gasteiger partial charge in [-0.2, -0.15) is 0 Å². The number of benzene rings is 2. The Labute approximate surface area is 173 Å². The molecule has 1 saturated heterocycles. The Kier molecular flexibility index (Phi) is 5.53. The van der Waals surface area contributed by atoms with Gasteiger partial charge in [-0.1, -0.05) is 30.0 Å². The van der Waals surface area contributed by atoms with Gasteiger partial charge in [-0.05, 0) is 62.3 Å². The third-order valence-electron chi connectivity index (χ3n) is 5.28. The third-order valence-corrected chi connectivity index (χ3v) is 5.28. The Morgan fingerprint density at radius 3 is 2.43 bits per heavy atom. The standard InChI is InChI=1S/C23H22N4O3/c28-21(27-30)17-7-5-16(6-8-17)9-10-23(11-13-24-14-12-23)26-22(29)20-15-18-3-1-2-4-19(18)25-20/h1-8,15,24-25,30H,11-14H2,(H,26,29)(H,27,28). The monoisotopic (exact) mass is 402 g/mol. The van der Waals surface area contributed by atoms with E-state index in [4.69, 9.17) is 5.21 Å². The molecule has 3 aromatic rings. The zero-order chi connectivity index (χ0) is 21.0. The largest absolute Gasteiger partial charge is 0.351 e. The van der Waals surface area contributed by atoms with Crippen molar-refractivity contribution >= 4 is 22.7 Å². The Morgan fingerprint density at radius 1 is 1.00 bits per heavy atom. The average Bonchev–Trinajstić information content (AvgIpc) is 3.23. The Bertz CT molecular complexity index is 1100. The van der Waals surface area contributed by atoms with Crippen LogP contribution >= 0.6 is 0 Å². The Morgan fingerprint density at radius 2 is 1.73 bits per heavy atom. The zero-order valence-electron chi connectivity index (χ0n) is 16.3. The van der Waals surface area contributed by atoms with E-state index in [2.05, 4.69) is 27.5 Å². The van der Waals surface area contributed by atoms with E-state index in [-0.39, 0.29) is 5.91 Å². The lowest BCUT2D eigenvalue weighted by molar-refractivity contribution is 0.0706. The van der Waals surface area contributed by atoms with E-state index < -0.39 is 11.4 Å². The maximum atomic E-state index is 13.0. The van der Waals surface area contributed by atoms with Crippen LogP contribution in [-0.2, 0) is 0 Å². The number of amides is 2. The molecule has 0 spiro atoms. The number of aromatic amines is 1. The minimum Gasteiger partial charge on any atom is -0.351 e. The number of fused-ring (bicyclic) bond motifs is 1. The molecule has 0 radical (unpaired) electrons. The number of rotatable bonds is 3. The molecule has 2 aromatic carbocycles. The molecule has 0 atom stereocenters. The third kappa shape index (κ3) is 4.20. The lowest BCUT2D eigenvalue weighted by Gasteiger charge is -2.33. The van der Waals surface area contributed by atoms with Crippen LogP contribution in [0.1, 0.15) is 39.3 Å². The lowest BCUT2D eigenvalue weighted by atomic mass is 9.88. The van der Waals surface area contributed by atoms with E-state index in [1.165, 1.54) is 0 Å². The summed E-state index contributed by atoms with van der Waals surface area (Å²) in [7, 11) is 0. The molecule has 0 bridgehead atoms. The first-order valence-corrected chi connectivity index (χ1v) is 9.77. The van der Waals surface area contributed by atoms with E-state index >= 15 is 0 Å². The van der Waals surface area contributed by atoms with E-state index in [0.717, 1.165) is 29.6 Å². The highest BCUT2D eigenvalue weighted by Crippen LogP contribution is 2.20. The highest BCUT2D eigenvalue weighted by atomic mass is 16.5. The molecule has 1 aliphatic heterocycles. The van der Waals surface area contributed by atoms with Crippen LogP contribution in [0.4, 0.5) is 0 Å². The number of para-hydroxylation sites is 1. The molecule has 0 unspecified atom stereocenters. The maximum absolute atomic E-state index is 13.0. The number of aromatic nitrogens is 1. The van der Waals surface area contributed by atoms with Gasteiger partial charge in [0.1, 0.15) is 11.2 Å². The predicted octanol–water partition coefficient (Wildman–Crippen LogP) is 2.19. The first kappa shape index (κ1) is 19.7. The van der Waals surface area contributed by atoms with Crippen molar-refractivity contribution in [3.8, 4) is 11.8 Å². The number of hydrogen-bond acceptors (Lipinski definition) is 4. The second-order valence-corrected chi connectivity index (χ2v) is 7.32. The van der Waals surface area contributed by atoms with Gasteiger partial charge < -0.3 is 15.6 Å². The molecule has 2 amide bonds. The first-order valence-electron chi connectivity index (χ1n) is 9.77. The fraction of sp³-hybridized carbons (Fsp3) is 0.217. The van der Waals surface area contributed by atoms with Gasteiger partial charge in [0.15, 0.2) is 0 Å². The zero-order valence-corrected chi connectivity index (χ0v) is 16.3. The van der Waals surface area contributed by atoms with E-state index in [1.54, 1.807) is 29.7 Å². The number of nitrogens with one attached hydrogen (secondary N) is 4. The second kappa shape index (κ2) is 8.41. The van der Waals surface area contributed by atoms with Crippen molar-refractivity contribution < 1.29 is 14.8 Å². The summed E-state index contributed by atoms with van der Waals surface area (Å²) in [6, 6.07) is 16.2. The molecular formula is C23H22N4O3. The molecule has 7 nitrogen and oxygen atoms in total. The topological polar surface area (TPSA) is 106 Å². The van der Waals surface area contributed by atoms with Gasteiger partial charge in [0.25, 0.3) is 11.8 Å². The number of hydroxylamine groups is 1. The van der Waals surface area contributed by atoms with Crippen LogP contribution in [0.25, 0.3) is 10.9 Å². The fourth-order valence-corrected chi connectivity index (χ4v) is 3.58. The average molecular weight is 402 g/mol. The van der Waals surface area contributed by atoms with Crippen molar-refractivity contribution in [2.45, 2.75) is 18.4 Å². The van der Waals surface area contributed by atoms with Crippen LogP contribution in [0.3, 0.4) is 0 Å². The smallest absolute Gasteiger partial charge is 0.274 e.